The Balaban J connectivity index is 0.00000144. The van der Waals surface area contributed by atoms with E-state index in [9.17, 15) is 0 Å². The fourth-order valence-corrected chi connectivity index (χ4v) is 2.20. The van der Waals surface area contributed by atoms with Crippen molar-refractivity contribution in [2.24, 2.45) is 0 Å². The predicted octanol–water partition coefficient (Wildman–Crippen LogP) is 2.21. The van der Waals surface area contributed by atoms with Crippen LogP contribution in [-0.2, 0) is 39.3 Å². The van der Waals surface area contributed by atoms with Gasteiger partial charge < -0.3 is 15.6 Å². The van der Waals surface area contributed by atoms with E-state index in [1.54, 1.807) is 0 Å². The fraction of sp³-hybridized carbons (Fsp3) is 0.769. The van der Waals surface area contributed by atoms with Crippen LogP contribution in [0.3, 0.4) is 0 Å². The first-order valence-corrected chi connectivity index (χ1v) is 6.36. The zero-order valence-electron chi connectivity index (χ0n) is 11.2. The van der Waals surface area contributed by atoms with Crippen molar-refractivity contribution in [1.82, 2.24) is 14.7 Å². The van der Waals surface area contributed by atoms with Gasteiger partial charge in [0.2, 0.25) is 0 Å². The van der Waals surface area contributed by atoms with E-state index in [0.29, 0.717) is 5.92 Å². The van der Waals surface area contributed by atoms with E-state index in [0.717, 1.165) is 18.8 Å². The van der Waals surface area contributed by atoms with Crippen molar-refractivity contribution >= 4 is 0 Å². The van der Waals surface area contributed by atoms with E-state index in [4.69, 9.17) is 0 Å². The minimum atomic E-state index is 0. The molecule has 0 aliphatic carbocycles. The maximum absolute atomic E-state index is 4.60. The van der Waals surface area contributed by atoms with Crippen molar-refractivity contribution in [3.63, 3.8) is 0 Å². The van der Waals surface area contributed by atoms with Gasteiger partial charge in [0, 0.05) is 39.3 Å². The Morgan fingerprint density at radius 2 is 1.88 bits per heavy atom. The largest absolute Gasteiger partial charge is 0.425 e. The molecule has 3 nitrogen and oxygen atoms in total. The quantitative estimate of drug-likeness (QED) is 0.795. The van der Waals surface area contributed by atoms with Gasteiger partial charge in [-0.3, -0.25) is 0 Å². The molecule has 0 saturated carbocycles. The SMILES string of the molecule is Cc1[c-]c(C(C)C)nn1CCN1CCCC1.[Y]. The molecule has 2 rings (SSSR count). The summed E-state index contributed by atoms with van der Waals surface area (Å²) in [7, 11) is 0. The van der Waals surface area contributed by atoms with Crippen LogP contribution >= 0.6 is 0 Å². The average Bonchev–Trinajstić information content (AvgIpc) is 2.84. The molecule has 17 heavy (non-hydrogen) atoms. The monoisotopic (exact) mass is 309 g/mol. The van der Waals surface area contributed by atoms with Crippen LogP contribution in [0.4, 0.5) is 0 Å². The van der Waals surface area contributed by atoms with Gasteiger partial charge in [0.1, 0.15) is 0 Å². The molecule has 0 bridgehead atoms. The van der Waals surface area contributed by atoms with E-state index >= 15 is 0 Å². The van der Waals surface area contributed by atoms with Gasteiger partial charge in [-0.2, -0.15) is 0 Å². The van der Waals surface area contributed by atoms with E-state index < -0.39 is 0 Å². The maximum Gasteiger partial charge on any atom is 0.0505 e. The van der Waals surface area contributed by atoms with Crippen LogP contribution in [0.5, 0.6) is 0 Å². The number of nitrogens with zero attached hydrogens (tertiary/aromatic N) is 3. The van der Waals surface area contributed by atoms with Crippen LogP contribution < -0.4 is 0 Å². The van der Waals surface area contributed by atoms with Crippen LogP contribution in [0.2, 0.25) is 0 Å². The molecule has 1 saturated heterocycles. The molecule has 0 amide bonds. The molecular weight excluding hydrogens is 287 g/mol. The summed E-state index contributed by atoms with van der Waals surface area (Å²) in [6, 6.07) is 3.35. The number of hydrogen-bond donors (Lipinski definition) is 0. The number of aryl methyl sites for hydroxylation is 1. The summed E-state index contributed by atoms with van der Waals surface area (Å²) in [4.78, 5) is 2.52. The number of hydrogen-bond acceptors (Lipinski definition) is 2. The van der Waals surface area contributed by atoms with E-state index in [2.05, 4.69) is 41.5 Å². The Kier molecular flexibility index (Phi) is 6.32. The summed E-state index contributed by atoms with van der Waals surface area (Å²) in [5.74, 6) is 0.478. The van der Waals surface area contributed by atoms with Gasteiger partial charge in [0.05, 0.1) is 6.54 Å². The number of likely N-dealkylation sites (tertiary alicyclic amines) is 1. The van der Waals surface area contributed by atoms with Crippen molar-refractivity contribution in [3.05, 3.63) is 17.5 Å². The smallest absolute Gasteiger partial charge is 0.0505 e. The van der Waals surface area contributed by atoms with Crippen LogP contribution in [0, 0.1) is 13.0 Å². The molecule has 1 aromatic heterocycles. The molecule has 93 valence electrons. The second kappa shape index (κ2) is 7.01. The summed E-state index contributed by atoms with van der Waals surface area (Å²) >= 11 is 0. The Hall–Kier alpha value is 0.274. The summed E-state index contributed by atoms with van der Waals surface area (Å²) < 4.78 is 2.10. The standard InChI is InChI=1S/C13H22N3.Y/c1-11(2)13-10-12(3)16(14-13)9-8-15-6-4-5-7-15;/h11H,4-9H2,1-3H3;/q-1;. The molecule has 0 unspecified atom stereocenters. The average molecular weight is 309 g/mol. The third-order valence-electron chi connectivity index (χ3n) is 3.30. The zero-order chi connectivity index (χ0) is 11.5. The van der Waals surface area contributed by atoms with E-state index in [1.807, 2.05) is 0 Å². The first-order valence-electron chi connectivity index (χ1n) is 6.36. The topological polar surface area (TPSA) is 21.1 Å². The third kappa shape index (κ3) is 4.15. The molecule has 0 aromatic carbocycles. The van der Waals surface area contributed by atoms with Crippen LogP contribution in [0.15, 0.2) is 0 Å². The molecule has 1 radical (unpaired) electrons. The van der Waals surface area contributed by atoms with Gasteiger partial charge in [0.25, 0.3) is 0 Å². The molecular formula is C13H22N3Y-. The molecule has 1 fully saturated rings. The first kappa shape index (κ1) is 15.3. The third-order valence-corrected chi connectivity index (χ3v) is 3.30. The Morgan fingerprint density at radius 1 is 1.24 bits per heavy atom. The van der Waals surface area contributed by atoms with Gasteiger partial charge in [0.15, 0.2) is 0 Å². The van der Waals surface area contributed by atoms with Crippen molar-refractivity contribution in [3.8, 4) is 0 Å². The van der Waals surface area contributed by atoms with Crippen LogP contribution in [-0.4, -0.2) is 34.3 Å². The van der Waals surface area contributed by atoms with Crippen molar-refractivity contribution in [2.75, 3.05) is 19.6 Å². The summed E-state index contributed by atoms with van der Waals surface area (Å²) in [6.45, 7) is 11.1. The van der Waals surface area contributed by atoms with Gasteiger partial charge in [-0.15, -0.1) is 11.4 Å². The Bertz CT molecular complexity index is 340. The second-order valence-electron chi connectivity index (χ2n) is 5.02. The normalized spacial score (nSPS) is 16.5. The van der Waals surface area contributed by atoms with Gasteiger partial charge >= 0.3 is 0 Å². The summed E-state index contributed by atoms with van der Waals surface area (Å²) in [5, 5.41) is 4.60. The van der Waals surface area contributed by atoms with Crippen molar-refractivity contribution in [1.29, 1.82) is 0 Å². The number of rotatable bonds is 4. The van der Waals surface area contributed by atoms with Crippen LogP contribution in [0.1, 0.15) is 44.0 Å². The van der Waals surface area contributed by atoms with Gasteiger partial charge in [-0.1, -0.05) is 20.8 Å². The fourth-order valence-electron chi connectivity index (χ4n) is 2.20. The van der Waals surface area contributed by atoms with Gasteiger partial charge in [-0.25, -0.2) is 5.10 Å². The molecule has 0 atom stereocenters. The minimum absolute atomic E-state index is 0. The van der Waals surface area contributed by atoms with Crippen molar-refractivity contribution in [2.45, 2.75) is 46.1 Å². The second-order valence-corrected chi connectivity index (χ2v) is 5.02. The molecule has 2 heterocycles. The Labute approximate surface area is 130 Å². The molecule has 0 N–H and O–H groups in total. The number of aromatic nitrogens is 2. The molecule has 1 aliphatic rings. The van der Waals surface area contributed by atoms with E-state index in [-0.39, 0.29) is 32.7 Å². The predicted molar refractivity (Wildman–Crippen MR) is 65.6 cm³/mol. The maximum atomic E-state index is 4.60. The van der Waals surface area contributed by atoms with Crippen LogP contribution in [0.25, 0.3) is 0 Å². The Morgan fingerprint density at radius 3 is 2.41 bits per heavy atom. The molecule has 1 aliphatic heterocycles. The van der Waals surface area contributed by atoms with Crippen molar-refractivity contribution < 1.29 is 32.7 Å². The molecule has 4 heteroatoms. The molecule has 1 aromatic rings. The minimum Gasteiger partial charge on any atom is -0.425 e. The van der Waals surface area contributed by atoms with Gasteiger partial charge in [-0.05, 0) is 31.8 Å². The van der Waals surface area contributed by atoms with E-state index in [1.165, 1.54) is 31.6 Å². The summed E-state index contributed by atoms with van der Waals surface area (Å²) in [5.41, 5.74) is 2.27. The first-order chi connectivity index (χ1) is 7.66. The zero-order valence-corrected chi connectivity index (χ0v) is 14.1. The molecule has 0 spiro atoms. The summed E-state index contributed by atoms with van der Waals surface area (Å²) in [6.07, 6.45) is 2.73.